The van der Waals surface area contributed by atoms with E-state index in [0.717, 1.165) is 0 Å². The minimum atomic E-state index is -3.27. The number of aliphatic carboxylic acids is 1. The molecular weight excluding hydrogens is 246 g/mol. The quantitative estimate of drug-likeness (QED) is 0.700. The van der Waals surface area contributed by atoms with Gasteiger partial charge in [-0.15, -0.1) is 0 Å². The second kappa shape index (κ2) is 4.55. The fourth-order valence-corrected chi connectivity index (χ4v) is 4.08. The molecule has 2 atom stereocenters. The number of hydrogen-bond donors (Lipinski definition) is 2. The van der Waals surface area contributed by atoms with Gasteiger partial charge in [-0.25, -0.2) is 8.42 Å². The van der Waals surface area contributed by atoms with Gasteiger partial charge < -0.3 is 10.2 Å². The first-order valence-electron chi connectivity index (χ1n) is 5.50. The van der Waals surface area contributed by atoms with Crippen molar-refractivity contribution in [3.8, 4) is 0 Å². The van der Waals surface area contributed by atoms with Crippen molar-refractivity contribution < 1.29 is 23.4 Å². The molecule has 0 saturated carbocycles. The van der Waals surface area contributed by atoms with Gasteiger partial charge in [-0.05, 0) is 20.4 Å². The van der Waals surface area contributed by atoms with E-state index in [1.807, 2.05) is 0 Å². The van der Waals surface area contributed by atoms with Crippen molar-refractivity contribution in [1.82, 2.24) is 4.90 Å². The van der Waals surface area contributed by atoms with Crippen LogP contribution in [-0.2, 0) is 14.6 Å². The highest BCUT2D eigenvalue weighted by molar-refractivity contribution is 7.91. The van der Waals surface area contributed by atoms with Crippen molar-refractivity contribution in [2.45, 2.75) is 38.5 Å². The molecule has 1 heterocycles. The van der Waals surface area contributed by atoms with E-state index < -0.39 is 33.5 Å². The van der Waals surface area contributed by atoms with E-state index in [-0.39, 0.29) is 11.5 Å². The molecule has 0 radical (unpaired) electrons. The monoisotopic (exact) mass is 265 g/mol. The lowest BCUT2D eigenvalue weighted by Crippen LogP contribution is -2.57. The molecule has 1 saturated heterocycles. The maximum absolute atomic E-state index is 11.4. The first-order chi connectivity index (χ1) is 7.62. The van der Waals surface area contributed by atoms with Crippen LogP contribution in [-0.4, -0.2) is 65.2 Å². The Kier molecular flexibility index (Phi) is 3.85. The first kappa shape index (κ1) is 14.4. The van der Waals surface area contributed by atoms with E-state index >= 15 is 0 Å². The highest BCUT2D eigenvalue weighted by Crippen LogP contribution is 2.25. The van der Waals surface area contributed by atoms with Crippen LogP contribution < -0.4 is 0 Å². The van der Waals surface area contributed by atoms with Crippen LogP contribution in [0.25, 0.3) is 0 Å². The summed E-state index contributed by atoms with van der Waals surface area (Å²) in [6.45, 7) is 5.14. The fourth-order valence-electron chi connectivity index (χ4n) is 2.28. The molecule has 7 heteroatoms. The number of aliphatic hydroxyl groups excluding tert-OH is 1. The van der Waals surface area contributed by atoms with Gasteiger partial charge in [0.05, 0.1) is 23.7 Å². The number of aliphatic hydroxyl groups is 1. The summed E-state index contributed by atoms with van der Waals surface area (Å²) in [5.41, 5.74) is -1.19. The Balaban J connectivity index is 3.01. The number of sulfone groups is 1. The third-order valence-corrected chi connectivity index (χ3v) is 4.97. The summed E-state index contributed by atoms with van der Waals surface area (Å²) in [5, 5.41) is 18.9. The number of hydrogen-bond acceptors (Lipinski definition) is 5. The summed E-state index contributed by atoms with van der Waals surface area (Å²) in [6, 6.07) is -0.643. The number of likely N-dealkylation sites (N-methyl/N-ethyl adjacent to an activating group) is 1. The Morgan fingerprint density at radius 2 is 1.94 bits per heavy atom. The summed E-state index contributed by atoms with van der Waals surface area (Å²) in [5.74, 6) is -1.50. The molecule has 100 valence electrons. The van der Waals surface area contributed by atoms with Gasteiger partial charge in [0, 0.05) is 0 Å². The molecule has 1 aliphatic rings. The van der Waals surface area contributed by atoms with Gasteiger partial charge in [0.2, 0.25) is 0 Å². The highest BCUT2D eigenvalue weighted by atomic mass is 32.2. The molecular formula is C10H19NO5S. The molecule has 1 aliphatic heterocycles. The predicted octanol–water partition coefficient (Wildman–Crippen LogP) is -0.671. The van der Waals surface area contributed by atoms with Crippen LogP contribution in [0.2, 0.25) is 0 Å². The zero-order valence-corrected chi connectivity index (χ0v) is 11.1. The van der Waals surface area contributed by atoms with Crippen LogP contribution in [0.15, 0.2) is 0 Å². The van der Waals surface area contributed by atoms with E-state index in [4.69, 9.17) is 5.11 Å². The molecule has 1 rings (SSSR count). The van der Waals surface area contributed by atoms with Crippen LogP contribution in [0.5, 0.6) is 0 Å². The van der Waals surface area contributed by atoms with E-state index in [9.17, 15) is 18.3 Å². The average Bonchev–Trinajstić information content (AvgIpc) is 2.40. The van der Waals surface area contributed by atoms with Crippen LogP contribution >= 0.6 is 0 Å². The molecule has 0 aromatic heterocycles. The average molecular weight is 265 g/mol. The van der Waals surface area contributed by atoms with Crippen LogP contribution in [0.4, 0.5) is 0 Å². The van der Waals surface area contributed by atoms with Gasteiger partial charge in [-0.2, -0.15) is 0 Å². The molecule has 2 N–H and O–H groups in total. The number of carboxylic acid groups (broad SMARTS) is 1. The molecule has 2 unspecified atom stereocenters. The largest absolute Gasteiger partial charge is 0.480 e. The third kappa shape index (κ3) is 2.78. The SMILES string of the molecule is CCN(C1CS(=O)(=O)CC1O)C(C)(C)C(=O)O. The lowest BCUT2D eigenvalue weighted by Gasteiger charge is -2.39. The molecule has 0 bridgehead atoms. The minimum absolute atomic E-state index is 0.182. The van der Waals surface area contributed by atoms with Gasteiger partial charge >= 0.3 is 5.97 Å². The van der Waals surface area contributed by atoms with Crippen LogP contribution in [0, 0.1) is 0 Å². The second-order valence-electron chi connectivity index (χ2n) is 4.86. The van der Waals surface area contributed by atoms with Crippen molar-refractivity contribution in [2.75, 3.05) is 18.1 Å². The van der Waals surface area contributed by atoms with Gasteiger partial charge in [0.15, 0.2) is 9.84 Å². The molecule has 0 aromatic rings. The number of carboxylic acids is 1. The zero-order valence-electron chi connectivity index (χ0n) is 10.3. The van der Waals surface area contributed by atoms with Crippen molar-refractivity contribution in [3.63, 3.8) is 0 Å². The summed E-state index contributed by atoms with van der Waals surface area (Å²) >= 11 is 0. The van der Waals surface area contributed by atoms with Crippen LogP contribution in [0.3, 0.4) is 0 Å². The van der Waals surface area contributed by atoms with Gasteiger partial charge in [0.25, 0.3) is 0 Å². The Morgan fingerprint density at radius 1 is 1.41 bits per heavy atom. The fraction of sp³-hybridized carbons (Fsp3) is 0.900. The number of nitrogens with zero attached hydrogens (tertiary/aromatic N) is 1. The zero-order chi connectivity index (χ0) is 13.4. The smallest absolute Gasteiger partial charge is 0.323 e. The molecule has 17 heavy (non-hydrogen) atoms. The third-order valence-electron chi connectivity index (χ3n) is 3.28. The van der Waals surface area contributed by atoms with Crippen LogP contribution in [0.1, 0.15) is 20.8 Å². The Hall–Kier alpha value is -0.660. The van der Waals surface area contributed by atoms with Crippen molar-refractivity contribution in [1.29, 1.82) is 0 Å². The first-order valence-corrected chi connectivity index (χ1v) is 7.32. The maximum Gasteiger partial charge on any atom is 0.323 e. The van der Waals surface area contributed by atoms with Gasteiger partial charge in [-0.3, -0.25) is 9.69 Å². The summed E-state index contributed by atoms with van der Waals surface area (Å²) < 4.78 is 22.9. The molecule has 0 amide bonds. The number of rotatable bonds is 4. The van der Waals surface area contributed by atoms with E-state index in [1.165, 1.54) is 18.7 Å². The molecule has 0 aromatic carbocycles. The molecule has 6 nitrogen and oxygen atoms in total. The van der Waals surface area contributed by atoms with Gasteiger partial charge in [0.1, 0.15) is 5.54 Å². The predicted molar refractivity (Wildman–Crippen MR) is 62.5 cm³/mol. The standard InChI is InChI=1S/C10H19NO5S/c1-4-11(10(2,3)9(13)14)7-5-17(15,16)6-8(7)12/h7-8,12H,4-6H2,1-3H3,(H,13,14). The highest BCUT2D eigenvalue weighted by Gasteiger charge is 2.46. The second-order valence-corrected chi connectivity index (χ2v) is 7.02. The van der Waals surface area contributed by atoms with E-state index in [0.29, 0.717) is 6.54 Å². The minimum Gasteiger partial charge on any atom is -0.480 e. The summed E-state index contributed by atoms with van der Waals surface area (Å²) in [4.78, 5) is 12.7. The van der Waals surface area contributed by atoms with Crippen molar-refractivity contribution >= 4 is 15.8 Å². The molecule has 1 fully saturated rings. The number of carbonyl (C=O) groups is 1. The lowest BCUT2D eigenvalue weighted by molar-refractivity contribution is -0.151. The van der Waals surface area contributed by atoms with E-state index in [1.54, 1.807) is 6.92 Å². The molecule has 0 aliphatic carbocycles. The van der Waals surface area contributed by atoms with Crippen molar-refractivity contribution in [2.24, 2.45) is 0 Å². The maximum atomic E-state index is 11.4. The van der Waals surface area contributed by atoms with Crippen molar-refractivity contribution in [3.05, 3.63) is 0 Å². The lowest BCUT2D eigenvalue weighted by atomic mass is 9.99. The Bertz CT molecular complexity index is 403. The van der Waals surface area contributed by atoms with Gasteiger partial charge in [-0.1, -0.05) is 6.92 Å². The Labute approximate surface area is 101 Å². The summed E-state index contributed by atoms with van der Waals surface area (Å²) in [7, 11) is -3.27. The summed E-state index contributed by atoms with van der Waals surface area (Å²) in [6.07, 6.45) is -1.02. The van der Waals surface area contributed by atoms with E-state index in [2.05, 4.69) is 0 Å². The molecule has 0 spiro atoms. The topological polar surface area (TPSA) is 94.9 Å². The Morgan fingerprint density at radius 3 is 2.24 bits per heavy atom. The normalized spacial score (nSPS) is 28.5.